The van der Waals surface area contributed by atoms with Crippen LogP contribution in [0.15, 0.2) is 29.3 Å². The Balaban J connectivity index is 2.38. The molecule has 3 N–H and O–H groups in total. The van der Waals surface area contributed by atoms with Crippen molar-refractivity contribution in [3.63, 3.8) is 0 Å². The summed E-state index contributed by atoms with van der Waals surface area (Å²) in [5.41, 5.74) is 0. The molecule has 1 rings (SSSR count). The molecule has 1 atom stereocenters. The fourth-order valence-corrected chi connectivity index (χ4v) is 2.47. The maximum Gasteiger partial charge on any atom is 0.191 e. The van der Waals surface area contributed by atoms with Gasteiger partial charge in [0.1, 0.15) is 12.4 Å². The van der Waals surface area contributed by atoms with Gasteiger partial charge in [0.25, 0.3) is 0 Å². The minimum absolute atomic E-state index is 0.221. The van der Waals surface area contributed by atoms with Crippen molar-refractivity contribution in [2.24, 2.45) is 10.9 Å². The van der Waals surface area contributed by atoms with Crippen LogP contribution in [-0.4, -0.2) is 43.9 Å². The monoisotopic (exact) mass is 355 g/mol. The van der Waals surface area contributed by atoms with E-state index in [4.69, 9.17) is 21.4 Å². The van der Waals surface area contributed by atoms with Gasteiger partial charge < -0.3 is 20.5 Å². The lowest BCUT2D eigenvalue weighted by atomic mass is 10.0. The van der Waals surface area contributed by atoms with E-state index in [0.29, 0.717) is 24.1 Å². The SMILES string of the molecule is CCCC(CCO)CN=C(NCC)NCCOc1ccc(Cl)cc1. The Kier molecular flexibility index (Phi) is 11.1. The Morgan fingerprint density at radius 3 is 2.58 bits per heavy atom. The molecular weight excluding hydrogens is 326 g/mol. The number of hydrogen-bond donors (Lipinski definition) is 3. The van der Waals surface area contributed by atoms with Gasteiger partial charge >= 0.3 is 0 Å². The van der Waals surface area contributed by atoms with Gasteiger partial charge in [-0.25, -0.2) is 0 Å². The smallest absolute Gasteiger partial charge is 0.191 e. The summed E-state index contributed by atoms with van der Waals surface area (Å²) in [6.07, 6.45) is 3.00. The van der Waals surface area contributed by atoms with Crippen LogP contribution in [0.5, 0.6) is 5.75 Å². The molecule has 0 spiro atoms. The van der Waals surface area contributed by atoms with Crippen molar-refractivity contribution in [2.45, 2.75) is 33.1 Å². The molecule has 0 heterocycles. The number of benzene rings is 1. The first-order valence-corrected chi connectivity index (χ1v) is 9.08. The van der Waals surface area contributed by atoms with Gasteiger partial charge in [-0.2, -0.15) is 0 Å². The number of nitrogens with zero attached hydrogens (tertiary/aromatic N) is 1. The van der Waals surface area contributed by atoms with E-state index in [0.717, 1.165) is 44.1 Å². The zero-order valence-electron chi connectivity index (χ0n) is 14.7. The predicted molar refractivity (Wildman–Crippen MR) is 101 cm³/mol. The molecule has 0 bridgehead atoms. The Morgan fingerprint density at radius 2 is 1.96 bits per heavy atom. The molecule has 0 fully saturated rings. The number of halogens is 1. The third-order valence-corrected chi connectivity index (χ3v) is 3.81. The molecule has 0 aromatic heterocycles. The molecule has 0 aliphatic carbocycles. The summed E-state index contributed by atoms with van der Waals surface area (Å²) in [6.45, 7) is 7.15. The van der Waals surface area contributed by atoms with Crippen molar-refractivity contribution < 1.29 is 9.84 Å². The standard InChI is InChI=1S/C18H30ClN3O2/c1-3-5-15(10-12-23)14-22-18(20-4-2)21-11-13-24-17-8-6-16(19)7-9-17/h6-9,15,23H,3-5,10-14H2,1-2H3,(H2,20,21,22). The summed E-state index contributed by atoms with van der Waals surface area (Å²) in [4.78, 5) is 4.62. The predicted octanol–water partition coefficient (Wildman–Crippen LogP) is 3.07. The van der Waals surface area contributed by atoms with Crippen LogP contribution in [0.4, 0.5) is 0 Å². The number of guanidine groups is 1. The number of hydrogen-bond acceptors (Lipinski definition) is 3. The van der Waals surface area contributed by atoms with Crippen LogP contribution in [0, 0.1) is 5.92 Å². The zero-order valence-corrected chi connectivity index (χ0v) is 15.5. The van der Waals surface area contributed by atoms with E-state index in [1.165, 1.54) is 0 Å². The summed E-state index contributed by atoms with van der Waals surface area (Å²) in [6, 6.07) is 7.33. The highest BCUT2D eigenvalue weighted by atomic mass is 35.5. The molecule has 136 valence electrons. The van der Waals surface area contributed by atoms with Gasteiger partial charge in [-0.1, -0.05) is 24.9 Å². The Bertz CT molecular complexity index is 460. The van der Waals surface area contributed by atoms with Crippen molar-refractivity contribution in [2.75, 3.05) is 32.8 Å². The fraction of sp³-hybridized carbons (Fsp3) is 0.611. The Hall–Kier alpha value is -1.46. The van der Waals surface area contributed by atoms with Gasteiger partial charge in [-0.05, 0) is 49.9 Å². The second-order valence-corrected chi connectivity index (χ2v) is 6.05. The third kappa shape index (κ3) is 8.99. The molecule has 5 nitrogen and oxygen atoms in total. The number of aliphatic hydroxyl groups is 1. The number of aliphatic hydroxyl groups excluding tert-OH is 1. The van der Waals surface area contributed by atoms with Gasteiger partial charge in [-0.15, -0.1) is 0 Å². The lowest BCUT2D eigenvalue weighted by Gasteiger charge is -2.15. The van der Waals surface area contributed by atoms with Crippen LogP contribution in [0.1, 0.15) is 33.1 Å². The highest BCUT2D eigenvalue weighted by Crippen LogP contribution is 2.15. The molecule has 0 saturated heterocycles. The summed E-state index contributed by atoms with van der Waals surface area (Å²) in [5.74, 6) is 2.02. The highest BCUT2D eigenvalue weighted by Gasteiger charge is 2.07. The number of nitrogens with one attached hydrogen (secondary N) is 2. The third-order valence-electron chi connectivity index (χ3n) is 3.56. The highest BCUT2D eigenvalue weighted by molar-refractivity contribution is 6.30. The van der Waals surface area contributed by atoms with Crippen molar-refractivity contribution >= 4 is 17.6 Å². The molecule has 0 amide bonds. The van der Waals surface area contributed by atoms with E-state index in [-0.39, 0.29) is 6.61 Å². The van der Waals surface area contributed by atoms with E-state index in [9.17, 15) is 0 Å². The van der Waals surface area contributed by atoms with E-state index < -0.39 is 0 Å². The fourth-order valence-electron chi connectivity index (χ4n) is 2.35. The Morgan fingerprint density at radius 1 is 1.21 bits per heavy atom. The molecule has 0 aliphatic rings. The average Bonchev–Trinajstić information content (AvgIpc) is 2.58. The van der Waals surface area contributed by atoms with Crippen LogP contribution in [0.3, 0.4) is 0 Å². The molecule has 1 aromatic carbocycles. The Labute approximate surface area is 150 Å². The summed E-state index contributed by atoms with van der Waals surface area (Å²) >= 11 is 5.85. The first-order valence-electron chi connectivity index (χ1n) is 8.71. The van der Waals surface area contributed by atoms with E-state index in [2.05, 4.69) is 22.5 Å². The first kappa shape index (κ1) is 20.6. The van der Waals surface area contributed by atoms with Crippen LogP contribution in [-0.2, 0) is 0 Å². The molecule has 1 aromatic rings. The van der Waals surface area contributed by atoms with E-state index >= 15 is 0 Å². The van der Waals surface area contributed by atoms with Crippen molar-refractivity contribution in [3.8, 4) is 5.75 Å². The second-order valence-electron chi connectivity index (χ2n) is 5.62. The van der Waals surface area contributed by atoms with Crippen molar-refractivity contribution in [1.82, 2.24) is 10.6 Å². The first-order chi connectivity index (χ1) is 11.7. The number of aliphatic imine (C=N–C) groups is 1. The van der Waals surface area contributed by atoms with Gasteiger partial charge in [0.2, 0.25) is 0 Å². The molecule has 24 heavy (non-hydrogen) atoms. The molecule has 0 radical (unpaired) electrons. The van der Waals surface area contributed by atoms with Crippen LogP contribution in [0.2, 0.25) is 5.02 Å². The second kappa shape index (κ2) is 12.9. The maximum atomic E-state index is 9.13. The molecule has 1 unspecified atom stereocenters. The van der Waals surface area contributed by atoms with Gasteiger partial charge in [0.15, 0.2) is 5.96 Å². The number of rotatable bonds is 11. The van der Waals surface area contributed by atoms with Gasteiger partial charge in [-0.3, -0.25) is 4.99 Å². The lowest BCUT2D eigenvalue weighted by Crippen LogP contribution is -2.39. The normalized spacial score (nSPS) is 12.8. The molecule has 0 aliphatic heterocycles. The lowest BCUT2D eigenvalue weighted by molar-refractivity contribution is 0.253. The van der Waals surface area contributed by atoms with Crippen LogP contribution in [0.25, 0.3) is 0 Å². The topological polar surface area (TPSA) is 65.9 Å². The quantitative estimate of drug-likeness (QED) is 0.324. The maximum absolute atomic E-state index is 9.13. The largest absolute Gasteiger partial charge is 0.492 e. The van der Waals surface area contributed by atoms with Crippen LogP contribution >= 0.6 is 11.6 Å². The van der Waals surface area contributed by atoms with Gasteiger partial charge in [0.05, 0.1) is 6.54 Å². The molecule has 6 heteroatoms. The molecule has 0 saturated carbocycles. The zero-order chi connectivity index (χ0) is 17.6. The van der Waals surface area contributed by atoms with Crippen LogP contribution < -0.4 is 15.4 Å². The summed E-state index contributed by atoms with van der Waals surface area (Å²) < 4.78 is 5.66. The van der Waals surface area contributed by atoms with Crippen molar-refractivity contribution in [1.29, 1.82) is 0 Å². The van der Waals surface area contributed by atoms with Crippen molar-refractivity contribution in [3.05, 3.63) is 29.3 Å². The summed E-state index contributed by atoms with van der Waals surface area (Å²) in [7, 11) is 0. The molecular formula is C18H30ClN3O2. The summed E-state index contributed by atoms with van der Waals surface area (Å²) in [5, 5.41) is 16.3. The minimum Gasteiger partial charge on any atom is -0.492 e. The van der Waals surface area contributed by atoms with E-state index in [1.807, 2.05) is 31.2 Å². The number of ether oxygens (including phenoxy) is 1. The van der Waals surface area contributed by atoms with E-state index in [1.54, 1.807) is 0 Å². The minimum atomic E-state index is 0.221. The average molecular weight is 356 g/mol. The van der Waals surface area contributed by atoms with Gasteiger partial charge in [0, 0.05) is 24.7 Å².